The van der Waals surface area contributed by atoms with Gasteiger partial charge in [-0.05, 0) is 43.0 Å². The molecular formula is C32H41N3O8. The van der Waals surface area contributed by atoms with Crippen LogP contribution in [0.4, 0.5) is 0 Å². The van der Waals surface area contributed by atoms with Gasteiger partial charge in [-0.25, -0.2) is 0 Å². The molecule has 3 N–H and O–H groups in total. The van der Waals surface area contributed by atoms with Crippen LogP contribution >= 0.6 is 0 Å². The third-order valence-electron chi connectivity index (χ3n) is 8.64. The summed E-state index contributed by atoms with van der Waals surface area (Å²) >= 11 is 0. The van der Waals surface area contributed by atoms with Gasteiger partial charge in [0.25, 0.3) is 0 Å². The predicted molar refractivity (Wildman–Crippen MR) is 160 cm³/mol. The number of carboxylic acids is 1. The van der Waals surface area contributed by atoms with E-state index >= 15 is 0 Å². The highest BCUT2D eigenvalue weighted by Crippen LogP contribution is 2.47. The quantitative estimate of drug-likeness (QED) is 0.255. The number of benzene rings is 2. The standard InChI is InChI=1S/C32H41N3O8/c1-3-4-11-33(12-7-14-36)28(37)19-35-18-24(22-15-26(41-2)30-27(16-22)42-20-43-30)29(32(39)40)25(35)10-13-34-17-21-8-5-6-9-23(21)31(34)38/h5-6,8-9,15-17,24-25,29,36,38H,3-4,7,10-14,18-20H2,1-2H3,(H,39,40)/t24-,25+,29-/m1/s1. The number of hydrogen-bond donors (Lipinski definition) is 3. The van der Waals surface area contributed by atoms with Crippen LogP contribution in [-0.2, 0) is 16.1 Å². The van der Waals surface area contributed by atoms with Gasteiger partial charge in [0.15, 0.2) is 17.4 Å². The van der Waals surface area contributed by atoms with Crippen LogP contribution in [0.3, 0.4) is 0 Å². The minimum atomic E-state index is -0.952. The summed E-state index contributed by atoms with van der Waals surface area (Å²) in [6, 6.07) is 10.7. The number of aliphatic hydroxyl groups is 1. The SMILES string of the molecule is CCCCN(CCCO)C(=O)CN1C[C@H](c2cc(OC)c3c(c2)OCO3)[C@@H](C(=O)O)[C@@H]1CCn1cc2ccccc2c1O. The number of methoxy groups -OCH3 is 1. The minimum Gasteiger partial charge on any atom is -0.494 e. The number of likely N-dealkylation sites (tertiary alicyclic amines) is 1. The van der Waals surface area contributed by atoms with E-state index in [0.29, 0.717) is 56.3 Å². The van der Waals surface area contributed by atoms with E-state index in [1.807, 2.05) is 41.4 Å². The van der Waals surface area contributed by atoms with Gasteiger partial charge in [0.1, 0.15) is 0 Å². The number of rotatable bonds is 14. The van der Waals surface area contributed by atoms with Gasteiger partial charge in [0.05, 0.1) is 19.6 Å². The van der Waals surface area contributed by atoms with E-state index < -0.39 is 23.8 Å². The summed E-state index contributed by atoms with van der Waals surface area (Å²) in [5.41, 5.74) is 0.742. The van der Waals surface area contributed by atoms with Crippen molar-refractivity contribution in [2.45, 2.75) is 51.1 Å². The first kappa shape index (κ1) is 30.5. The Morgan fingerprint density at radius 1 is 1.14 bits per heavy atom. The fraction of sp³-hybridized carbons (Fsp3) is 0.500. The fourth-order valence-corrected chi connectivity index (χ4v) is 6.44. The van der Waals surface area contributed by atoms with Gasteiger partial charge in [-0.1, -0.05) is 31.5 Å². The van der Waals surface area contributed by atoms with Gasteiger partial charge >= 0.3 is 5.97 Å². The van der Waals surface area contributed by atoms with Crippen molar-refractivity contribution in [3.8, 4) is 23.1 Å². The van der Waals surface area contributed by atoms with Crippen LogP contribution in [0.1, 0.15) is 44.1 Å². The van der Waals surface area contributed by atoms with Gasteiger partial charge < -0.3 is 39.0 Å². The Kier molecular flexibility index (Phi) is 9.62. The molecule has 1 saturated heterocycles. The molecule has 0 aliphatic carbocycles. The summed E-state index contributed by atoms with van der Waals surface area (Å²) in [7, 11) is 1.53. The number of fused-ring (bicyclic) bond motifs is 2. The van der Waals surface area contributed by atoms with E-state index in [2.05, 4.69) is 6.92 Å². The number of aromatic nitrogens is 1. The van der Waals surface area contributed by atoms with E-state index in [-0.39, 0.29) is 31.7 Å². The maximum Gasteiger partial charge on any atom is 0.308 e. The lowest BCUT2D eigenvalue weighted by Gasteiger charge is -2.30. The van der Waals surface area contributed by atoms with Crippen LogP contribution in [0.15, 0.2) is 42.6 Å². The van der Waals surface area contributed by atoms with Crippen LogP contribution in [-0.4, -0.2) is 94.3 Å². The number of aromatic hydroxyl groups is 1. The summed E-state index contributed by atoms with van der Waals surface area (Å²) in [5.74, 6) is -0.715. The molecule has 3 aromatic rings. The summed E-state index contributed by atoms with van der Waals surface area (Å²) in [4.78, 5) is 30.3. The number of nitrogens with zero attached hydrogens (tertiary/aromatic N) is 3. The van der Waals surface area contributed by atoms with Crippen LogP contribution < -0.4 is 14.2 Å². The molecule has 3 atom stereocenters. The first-order valence-corrected chi connectivity index (χ1v) is 15.0. The Labute approximate surface area is 251 Å². The lowest BCUT2D eigenvalue weighted by molar-refractivity contribution is -0.144. The highest BCUT2D eigenvalue weighted by molar-refractivity contribution is 5.87. The number of aryl methyl sites for hydroxylation is 1. The van der Waals surface area contributed by atoms with Crippen LogP contribution in [0.5, 0.6) is 23.1 Å². The van der Waals surface area contributed by atoms with Crippen molar-refractivity contribution in [2.75, 3.05) is 46.7 Å². The molecule has 3 heterocycles. The largest absolute Gasteiger partial charge is 0.494 e. The number of aliphatic hydroxyl groups excluding tert-OH is 1. The van der Waals surface area contributed by atoms with Gasteiger partial charge in [-0.2, -0.15) is 0 Å². The van der Waals surface area contributed by atoms with Crippen LogP contribution in [0.2, 0.25) is 0 Å². The zero-order valence-corrected chi connectivity index (χ0v) is 24.8. The second-order valence-electron chi connectivity index (χ2n) is 11.3. The summed E-state index contributed by atoms with van der Waals surface area (Å²) in [6.45, 7) is 3.92. The van der Waals surface area contributed by atoms with E-state index in [1.165, 1.54) is 7.11 Å². The normalized spacial score (nSPS) is 19.7. The molecule has 1 amide bonds. The highest BCUT2D eigenvalue weighted by Gasteiger charge is 2.47. The van der Waals surface area contributed by atoms with E-state index in [9.17, 15) is 24.9 Å². The topological polar surface area (TPSA) is 134 Å². The fourth-order valence-electron chi connectivity index (χ4n) is 6.44. The number of carboxylic acid groups (broad SMARTS) is 1. The van der Waals surface area contributed by atoms with E-state index in [4.69, 9.17) is 14.2 Å². The van der Waals surface area contributed by atoms with E-state index in [0.717, 1.165) is 29.2 Å². The number of unbranched alkanes of at least 4 members (excludes halogenated alkanes) is 1. The number of ether oxygens (including phenoxy) is 3. The average Bonchev–Trinajstić information content (AvgIpc) is 3.71. The molecule has 11 heteroatoms. The van der Waals surface area contributed by atoms with Crippen LogP contribution in [0.25, 0.3) is 10.8 Å². The zero-order chi connectivity index (χ0) is 30.5. The number of aliphatic carboxylic acids is 1. The van der Waals surface area contributed by atoms with Crippen molar-refractivity contribution in [1.29, 1.82) is 0 Å². The highest BCUT2D eigenvalue weighted by atomic mass is 16.7. The molecule has 11 nitrogen and oxygen atoms in total. The number of carbonyl (C=O) groups excluding carboxylic acids is 1. The molecule has 0 radical (unpaired) electrons. The molecular weight excluding hydrogens is 554 g/mol. The molecule has 0 unspecified atom stereocenters. The van der Waals surface area contributed by atoms with Gasteiger partial charge in [-0.15, -0.1) is 0 Å². The van der Waals surface area contributed by atoms with Crippen molar-refractivity contribution < 1.29 is 39.1 Å². The third kappa shape index (κ3) is 6.37. The van der Waals surface area contributed by atoms with Gasteiger partial charge in [0, 0.05) is 61.7 Å². The molecule has 0 saturated carbocycles. The maximum absolute atomic E-state index is 13.6. The zero-order valence-electron chi connectivity index (χ0n) is 24.8. The third-order valence-corrected chi connectivity index (χ3v) is 8.64. The minimum absolute atomic E-state index is 0.00787. The Morgan fingerprint density at radius 3 is 2.65 bits per heavy atom. The smallest absolute Gasteiger partial charge is 0.308 e. The molecule has 5 rings (SSSR count). The molecule has 43 heavy (non-hydrogen) atoms. The summed E-state index contributed by atoms with van der Waals surface area (Å²) in [6.07, 6.45) is 4.53. The van der Waals surface area contributed by atoms with Gasteiger partial charge in [-0.3, -0.25) is 14.5 Å². The van der Waals surface area contributed by atoms with Crippen molar-refractivity contribution in [1.82, 2.24) is 14.4 Å². The molecule has 0 spiro atoms. The number of amides is 1. The number of carbonyl (C=O) groups is 2. The van der Waals surface area contributed by atoms with Crippen molar-refractivity contribution >= 4 is 22.6 Å². The lowest BCUT2D eigenvalue weighted by atomic mass is 9.84. The Morgan fingerprint density at radius 2 is 1.93 bits per heavy atom. The first-order chi connectivity index (χ1) is 20.9. The monoisotopic (exact) mass is 595 g/mol. The molecule has 2 aliphatic heterocycles. The Bertz CT molecular complexity index is 1430. The predicted octanol–water partition coefficient (Wildman–Crippen LogP) is 3.65. The summed E-state index contributed by atoms with van der Waals surface area (Å²) < 4.78 is 18.5. The van der Waals surface area contributed by atoms with Crippen molar-refractivity contribution in [3.05, 3.63) is 48.2 Å². The molecule has 232 valence electrons. The molecule has 1 aromatic heterocycles. The van der Waals surface area contributed by atoms with E-state index in [1.54, 1.807) is 15.5 Å². The summed E-state index contributed by atoms with van der Waals surface area (Å²) in [5, 5.41) is 32.5. The lowest BCUT2D eigenvalue weighted by Crippen LogP contribution is -2.45. The first-order valence-electron chi connectivity index (χ1n) is 15.0. The molecule has 1 fully saturated rings. The van der Waals surface area contributed by atoms with Crippen molar-refractivity contribution in [2.24, 2.45) is 5.92 Å². The van der Waals surface area contributed by atoms with Gasteiger partial charge in [0.2, 0.25) is 18.4 Å². The average molecular weight is 596 g/mol. The maximum atomic E-state index is 13.6. The number of hydrogen-bond acceptors (Lipinski definition) is 8. The second kappa shape index (κ2) is 13.6. The second-order valence-corrected chi connectivity index (χ2v) is 11.3. The molecule has 0 bridgehead atoms. The van der Waals surface area contributed by atoms with Crippen molar-refractivity contribution in [3.63, 3.8) is 0 Å². The Balaban J connectivity index is 1.46. The molecule has 2 aliphatic rings. The van der Waals surface area contributed by atoms with Crippen LogP contribution in [0, 0.1) is 5.92 Å². The molecule has 2 aromatic carbocycles. The Hall–Kier alpha value is -3.96.